The van der Waals surface area contributed by atoms with E-state index in [-0.39, 0.29) is 30.3 Å². The number of nitrogens with one attached hydrogen (secondary N) is 2. The Morgan fingerprint density at radius 3 is 2.94 bits per heavy atom. The Balaban J connectivity index is 1.97. The van der Waals surface area contributed by atoms with Crippen molar-refractivity contribution in [3.05, 3.63) is 0 Å². The van der Waals surface area contributed by atoms with Gasteiger partial charge in [0.15, 0.2) is 0 Å². The molecule has 2 atom stereocenters. The highest BCUT2D eigenvalue weighted by atomic mass is 16.2. The van der Waals surface area contributed by atoms with Gasteiger partial charge in [0.2, 0.25) is 11.8 Å². The minimum atomic E-state index is -0.0454. The molecule has 2 saturated heterocycles. The topological polar surface area (TPSA) is 61.4 Å². The number of carbonyl (C=O) groups excluding carboxylic acids is 2. The number of nitrogens with zero attached hydrogens (tertiary/aromatic N) is 1. The van der Waals surface area contributed by atoms with Crippen LogP contribution in [0.3, 0.4) is 0 Å². The van der Waals surface area contributed by atoms with Crippen LogP contribution in [0.25, 0.3) is 0 Å². The lowest BCUT2D eigenvalue weighted by Crippen LogP contribution is -2.55. The van der Waals surface area contributed by atoms with Crippen LogP contribution in [0.1, 0.15) is 19.8 Å². The lowest BCUT2D eigenvalue weighted by atomic mass is 9.90. The molecule has 2 aliphatic heterocycles. The summed E-state index contributed by atoms with van der Waals surface area (Å²) in [5.41, 5.74) is 0. The number of hydrogen-bond donors (Lipinski definition) is 2. The summed E-state index contributed by atoms with van der Waals surface area (Å²) in [4.78, 5) is 25.1. The van der Waals surface area contributed by atoms with E-state index in [0.29, 0.717) is 13.1 Å². The smallest absolute Gasteiger partial charge is 0.239 e. The van der Waals surface area contributed by atoms with E-state index in [4.69, 9.17) is 0 Å². The summed E-state index contributed by atoms with van der Waals surface area (Å²) in [6, 6.07) is 0.228. The molecule has 0 aromatic rings. The molecule has 2 heterocycles. The molecule has 2 unspecified atom stereocenters. The predicted octanol–water partition coefficient (Wildman–Crippen LogP) is -0.667. The van der Waals surface area contributed by atoms with Gasteiger partial charge in [0.1, 0.15) is 0 Å². The van der Waals surface area contributed by atoms with Gasteiger partial charge in [0.25, 0.3) is 0 Å². The fourth-order valence-electron chi connectivity index (χ4n) is 2.44. The second kappa shape index (κ2) is 4.82. The standard InChI is InChI=1S/C11H19N3O2/c1-8-9(3-2-4-12-8)11(16)14-6-5-13-10(15)7-14/h8-9,12H,2-7H2,1H3,(H,13,15). The molecule has 2 aliphatic rings. The van der Waals surface area contributed by atoms with Crippen LogP contribution >= 0.6 is 0 Å². The molecule has 0 aromatic heterocycles. The normalized spacial score (nSPS) is 31.1. The zero-order chi connectivity index (χ0) is 11.5. The van der Waals surface area contributed by atoms with Crippen molar-refractivity contribution in [2.45, 2.75) is 25.8 Å². The van der Waals surface area contributed by atoms with Gasteiger partial charge in [-0.25, -0.2) is 0 Å². The van der Waals surface area contributed by atoms with Crippen molar-refractivity contribution in [1.82, 2.24) is 15.5 Å². The first-order valence-electron chi connectivity index (χ1n) is 5.97. The van der Waals surface area contributed by atoms with E-state index in [1.165, 1.54) is 0 Å². The van der Waals surface area contributed by atoms with Crippen LogP contribution in [0, 0.1) is 5.92 Å². The summed E-state index contributed by atoms with van der Waals surface area (Å²) < 4.78 is 0. The molecule has 0 radical (unpaired) electrons. The highest BCUT2D eigenvalue weighted by molar-refractivity contribution is 5.87. The number of amides is 2. The van der Waals surface area contributed by atoms with E-state index in [1.807, 2.05) is 6.92 Å². The van der Waals surface area contributed by atoms with E-state index in [1.54, 1.807) is 4.90 Å². The first-order chi connectivity index (χ1) is 7.68. The Labute approximate surface area is 95.6 Å². The summed E-state index contributed by atoms with van der Waals surface area (Å²) in [6.45, 7) is 4.49. The van der Waals surface area contributed by atoms with Crippen molar-refractivity contribution >= 4 is 11.8 Å². The van der Waals surface area contributed by atoms with Crippen LogP contribution in [0.5, 0.6) is 0 Å². The zero-order valence-corrected chi connectivity index (χ0v) is 9.66. The average molecular weight is 225 g/mol. The van der Waals surface area contributed by atoms with Gasteiger partial charge in [0, 0.05) is 19.1 Å². The highest BCUT2D eigenvalue weighted by Gasteiger charge is 2.32. The summed E-state index contributed by atoms with van der Waals surface area (Å²) in [7, 11) is 0. The van der Waals surface area contributed by atoms with Crippen molar-refractivity contribution in [3.63, 3.8) is 0 Å². The third-order valence-electron chi connectivity index (χ3n) is 3.43. The van der Waals surface area contributed by atoms with Crippen LogP contribution < -0.4 is 10.6 Å². The molecule has 0 spiro atoms. The second-order valence-electron chi connectivity index (χ2n) is 4.60. The summed E-state index contributed by atoms with van der Waals surface area (Å²) >= 11 is 0. The van der Waals surface area contributed by atoms with Crippen molar-refractivity contribution in [3.8, 4) is 0 Å². The second-order valence-corrected chi connectivity index (χ2v) is 4.60. The molecule has 2 amide bonds. The van der Waals surface area contributed by atoms with E-state index in [0.717, 1.165) is 19.4 Å². The monoisotopic (exact) mass is 225 g/mol. The predicted molar refractivity (Wildman–Crippen MR) is 59.8 cm³/mol. The van der Waals surface area contributed by atoms with Crippen LogP contribution in [0.2, 0.25) is 0 Å². The molecule has 2 fully saturated rings. The van der Waals surface area contributed by atoms with Gasteiger partial charge in [0.05, 0.1) is 12.5 Å². The van der Waals surface area contributed by atoms with Gasteiger partial charge < -0.3 is 15.5 Å². The minimum absolute atomic E-state index is 0.0413. The maximum Gasteiger partial charge on any atom is 0.239 e. The molecule has 0 bridgehead atoms. The Bertz CT molecular complexity index is 293. The van der Waals surface area contributed by atoms with E-state index < -0.39 is 0 Å². The zero-order valence-electron chi connectivity index (χ0n) is 9.66. The van der Waals surface area contributed by atoms with Gasteiger partial charge in [-0.2, -0.15) is 0 Å². The third kappa shape index (κ3) is 2.35. The molecular formula is C11H19N3O2. The van der Waals surface area contributed by atoms with Gasteiger partial charge >= 0.3 is 0 Å². The molecule has 2 rings (SSSR count). The van der Waals surface area contributed by atoms with Gasteiger partial charge in [-0.05, 0) is 26.3 Å². The Hall–Kier alpha value is -1.10. The van der Waals surface area contributed by atoms with Crippen LogP contribution in [-0.2, 0) is 9.59 Å². The van der Waals surface area contributed by atoms with Gasteiger partial charge in [-0.1, -0.05) is 0 Å². The third-order valence-corrected chi connectivity index (χ3v) is 3.43. The number of piperidine rings is 1. The van der Waals surface area contributed by atoms with Crippen molar-refractivity contribution in [1.29, 1.82) is 0 Å². The molecule has 0 aliphatic carbocycles. The van der Waals surface area contributed by atoms with E-state index in [9.17, 15) is 9.59 Å². The Morgan fingerprint density at radius 1 is 1.44 bits per heavy atom. The number of carbonyl (C=O) groups is 2. The SMILES string of the molecule is CC1NCCCC1C(=O)N1CCNC(=O)C1. The van der Waals surface area contributed by atoms with Crippen molar-refractivity contribution < 1.29 is 9.59 Å². The van der Waals surface area contributed by atoms with Gasteiger partial charge in [-0.3, -0.25) is 9.59 Å². The highest BCUT2D eigenvalue weighted by Crippen LogP contribution is 2.19. The number of hydrogen-bond acceptors (Lipinski definition) is 3. The molecule has 0 aromatic carbocycles. The molecule has 0 saturated carbocycles. The van der Waals surface area contributed by atoms with Gasteiger partial charge in [-0.15, -0.1) is 0 Å². The fraction of sp³-hybridized carbons (Fsp3) is 0.818. The summed E-state index contributed by atoms with van der Waals surface area (Å²) in [5, 5.41) is 6.05. The largest absolute Gasteiger partial charge is 0.353 e. The Kier molecular flexibility index (Phi) is 3.43. The minimum Gasteiger partial charge on any atom is -0.353 e. The Morgan fingerprint density at radius 2 is 2.25 bits per heavy atom. The van der Waals surface area contributed by atoms with Crippen LogP contribution in [0.15, 0.2) is 0 Å². The van der Waals surface area contributed by atoms with Crippen molar-refractivity contribution in [2.24, 2.45) is 5.92 Å². The maximum atomic E-state index is 12.2. The van der Waals surface area contributed by atoms with E-state index >= 15 is 0 Å². The summed E-state index contributed by atoms with van der Waals surface area (Å²) in [6.07, 6.45) is 1.98. The summed E-state index contributed by atoms with van der Waals surface area (Å²) in [5.74, 6) is 0.130. The van der Waals surface area contributed by atoms with Crippen molar-refractivity contribution in [2.75, 3.05) is 26.2 Å². The average Bonchev–Trinajstić information content (AvgIpc) is 2.29. The first kappa shape index (κ1) is 11.4. The molecule has 16 heavy (non-hydrogen) atoms. The molecule has 5 heteroatoms. The van der Waals surface area contributed by atoms with E-state index in [2.05, 4.69) is 10.6 Å². The lowest BCUT2D eigenvalue weighted by molar-refractivity contribution is -0.142. The molecule has 2 N–H and O–H groups in total. The van der Waals surface area contributed by atoms with Crippen LogP contribution in [-0.4, -0.2) is 48.9 Å². The molecule has 90 valence electrons. The number of rotatable bonds is 1. The fourth-order valence-corrected chi connectivity index (χ4v) is 2.44. The molecule has 5 nitrogen and oxygen atoms in total. The molecular weight excluding hydrogens is 206 g/mol. The van der Waals surface area contributed by atoms with Crippen LogP contribution in [0.4, 0.5) is 0 Å². The first-order valence-corrected chi connectivity index (χ1v) is 5.97. The lowest BCUT2D eigenvalue weighted by Gasteiger charge is -2.35. The quantitative estimate of drug-likeness (QED) is 0.622. The number of piperazine rings is 1. The maximum absolute atomic E-state index is 12.2.